The van der Waals surface area contributed by atoms with Crippen LogP contribution >= 0.6 is 0 Å². The zero-order valence-electron chi connectivity index (χ0n) is 11.0. The van der Waals surface area contributed by atoms with Crippen molar-refractivity contribution < 1.29 is 18.3 Å². The van der Waals surface area contributed by atoms with Crippen LogP contribution in [0.5, 0.6) is 5.75 Å². The number of carbonyl (C=O) groups is 1. The highest BCUT2D eigenvalue weighted by Crippen LogP contribution is 2.23. The molecule has 6 heteroatoms. The van der Waals surface area contributed by atoms with Gasteiger partial charge in [-0.05, 0) is 26.0 Å². The Morgan fingerprint density at radius 1 is 1.42 bits per heavy atom. The fourth-order valence-corrected chi connectivity index (χ4v) is 3.87. The lowest BCUT2D eigenvalue weighted by molar-refractivity contribution is 0.0711. The zero-order chi connectivity index (χ0) is 14.2. The van der Waals surface area contributed by atoms with Crippen molar-refractivity contribution in [2.75, 3.05) is 18.1 Å². The largest absolute Gasteiger partial charge is 0.508 e. The molecule has 1 aromatic carbocycles. The lowest BCUT2D eigenvalue weighted by Crippen LogP contribution is -2.49. The molecule has 1 aromatic rings. The SMILES string of the molecule is Cc1c(O)cccc1C(=O)N1CCS(=O)(=O)CC1C. The van der Waals surface area contributed by atoms with E-state index in [4.69, 9.17) is 0 Å². The van der Waals surface area contributed by atoms with Crippen molar-refractivity contribution in [2.45, 2.75) is 19.9 Å². The van der Waals surface area contributed by atoms with E-state index in [1.165, 1.54) is 6.07 Å². The van der Waals surface area contributed by atoms with E-state index >= 15 is 0 Å². The van der Waals surface area contributed by atoms with Gasteiger partial charge in [0.05, 0.1) is 11.5 Å². The third-order valence-electron chi connectivity index (χ3n) is 3.47. The highest BCUT2D eigenvalue weighted by Gasteiger charge is 2.32. The molecule has 104 valence electrons. The Kier molecular flexibility index (Phi) is 3.54. The summed E-state index contributed by atoms with van der Waals surface area (Å²) in [5, 5.41) is 9.63. The second kappa shape index (κ2) is 4.85. The van der Waals surface area contributed by atoms with Crippen LogP contribution in [0.3, 0.4) is 0 Å². The van der Waals surface area contributed by atoms with Gasteiger partial charge in [-0.3, -0.25) is 4.79 Å². The Labute approximate surface area is 112 Å². The number of hydrogen-bond donors (Lipinski definition) is 1. The van der Waals surface area contributed by atoms with Gasteiger partial charge in [0.25, 0.3) is 5.91 Å². The molecule has 1 N–H and O–H groups in total. The van der Waals surface area contributed by atoms with Crippen molar-refractivity contribution in [3.8, 4) is 5.75 Å². The van der Waals surface area contributed by atoms with Gasteiger partial charge in [-0.2, -0.15) is 0 Å². The molecule has 0 aromatic heterocycles. The van der Waals surface area contributed by atoms with Gasteiger partial charge < -0.3 is 10.0 Å². The van der Waals surface area contributed by atoms with E-state index in [0.29, 0.717) is 11.1 Å². The number of phenols is 1. The van der Waals surface area contributed by atoms with Crippen molar-refractivity contribution in [3.05, 3.63) is 29.3 Å². The van der Waals surface area contributed by atoms with Crippen LogP contribution < -0.4 is 0 Å². The maximum Gasteiger partial charge on any atom is 0.254 e. The van der Waals surface area contributed by atoms with Crippen LogP contribution in [0.25, 0.3) is 0 Å². The monoisotopic (exact) mass is 283 g/mol. The summed E-state index contributed by atoms with van der Waals surface area (Å²) < 4.78 is 23.0. The summed E-state index contributed by atoms with van der Waals surface area (Å²) in [6.07, 6.45) is 0. The predicted octanol–water partition coefficient (Wildman–Crippen LogP) is 0.960. The number of rotatable bonds is 1. The summed E-state index contributed by atoms with van der Waals surface area (Å²) in [7, 11) is -3.04. The van der Waals surface area contributed by atoms with E-state index < -0.39 is 9.84 Å². The van der Waals surface area contributed by atoms with Gasteiger partial charge in [0.1, 0.15) is 5.75 Å². The van der Waals surface area contributed by atoms with Crippen molar-refractivity contribution in [1.29, 1.82) is 0 Å². The molecule has 5 nitrogen and oxygen atoms in total. The molecule has 1 aliphatic rings. The van der Waals surface area contributed by atoms with Gasteiger partial charge in [0.15, 0.2) is 9.84 Å². The van der Waals surface area contributed by atoms with E-state index in [1.54, 1.807) is 30.9 Å². The van der Waals surface area contributed by atoms with E-state index in [2.05, 4.69) is 0 Å². The van der Waals surface area contributed by atoms with Crippen LogP contribution in [0.4, 0.5) is 0 Å². The summed E-state index contributed by atoms with van der Waals surface area (Å²) in [4.78, 5) is 14.0. The number of nitrogens with zero attached hydrogens (tertiary/aromatic N) is 1. The van der Waals surface area contributed by atoms with Gasteiger partial charge in [-0.25, -0.2) is 8.42 Å². The summed E-state index contributed by atoms with van der Waals surface area (Å²) in [6.45, 7) is 3.61. The van der Waals surface area contributed by atoms with Crippen LogP contribution in [-0.4, -0.2) is 48.4 Å². The van der Waals surface area contributed by atoms with Crippen molar-refractivity contribution in [3.63, 3.8) is 0 Å². The molecule has 1 amide bonds. The highest BCUT2D eigenvalue weighted by molar-refractivity contribution is 7.91. The Bertz CT molecular complexity index is 609. The average molecular weight is 283 g/mol. The summed E-state index contributed by atoms with van der Waals surface area (Å²) in [5.41, 5.74) is 0.944. The zero-order valence-corrected chi connectivity index (χ0v) is 11.8. The quantitative estimate of drug-likeness (QED) is 0.833. The van der Waals surface area contributed by atoms with Crippen LogP contribution in [0.1, 0.15) is 22.8 Å². The molecule has 1 atom stereocenters. The molecule has 0 radical (unpaired) electrons. The first-order valence-electron chi connectivity index (χ1n) is 6.12. The summed E-state index contributed by atoms with van der Waals surface area (Å²) in [6, 6.07) is 4.44. The smallest absolute Gasteiger partial charge is 0.254 e. The van der Waals surface area contributed by atoms with Gasteiger partial charge in [0.2, 0.25) is 0 Å². The first kappa shape index (κ1) is 13.9. The molecule has 1 heterocycles. The van der Waals surface area contributed by atoms with Gasteiger partial charge in [-0.15, -0.1) is 0 Å². The number of benzene rings is 1. The number of sulfone groups is 1. The molecule has 1 unspecified atom stereocenters. The highest BCUT2D eigenvalue weighted by atomic mass is 32.2. The summed E-state index contributed by atoms with van der Waals surface area (Å²) >= 11 is 0. The molecule has 0 aliphatic carbocycles. The molecule has 0 saturated carbocycles. The number of carbonyl (C=O) groups excluding carboxylic acids is 1. The Balaban J connectivity index is 2.28. The predicted molar refractivity (Wildman–Crippen MR) is 72.0 cm³/mol. The molecule has 19 heavy (non-hydrogen) atoms. The first-order chi connectivity index (χ1) is 8.82. The van der Waals surface area contributed by atoms with E-state index in [0.717, 1.165) is 0 Å². The maximum absolute atomic E-state index is 12.4. The number of aromatic hydroxyl groups is 1. The fourth-order valence-electron chi connectivity index (χ4n) is 2.31. The van der Waals surface area contributed by atoms with Crippen LogP contribution in [-0.2, 0) is 9.84 Å². The minimum Gasteiger partial charge on any atom is -0.508 e. The average Bonchev–Trinajstić information content (AvgIpc) is 2.31. The van der Waals surface area contributed by atoms with Crippen LogP contribution in [0.15, 0.2) is 18.2 Å². The van der Waals surface area contributed by atoms with Gasteiger partial charge >= 0.3 is 0 Å². The topological polar surface area (TPSA) is 74.7 Å². The molecule has 1 fully saturated rings. The Hall–Kier alpha value is -1.56. The second-order valence-electron chi connectivity index (χ2n) is 4.91. The summed E-state index contributed by atoms with van der Waals surface area (Å²) in [5.74, 6) is -0.156. The first-order valence-corrected chi connectivity index (χ1v) is 7.94. The molecule has 0 spiro atoms. The minimum atomic E-state index is -3.04. The van der Waals surface area contributed by atoms with Gasteiger partial charge in [-0.1, -0.05) is 6.07 Å². The standard InChI is InChI=1S/C13H17NO4S/c1-9-8-19(17,18)7-6-14(9)13(16)11-4-3-5-12(15)10(11)2/h3-5,9,15H,6-8H2,1-2H3. The number of amides is 1. The fraction of sp³-hybridized carbons (Fsp3) is 0.462. The number of hydrogen-bond acceptors (Lipinski definition) is 4. The van der Waals surface area contributed by atoms with Gasteiger partial charge in [0, 0.05) is 23.7 Å². The minimum absolute atomic E-state index is 0.000936. The third-order valence-corrected chi connectivity index (χ3v) is 5.26. The molecular formula is C13H17NO4S. The van der Waals surface area contributed by atoms with Crippen LogP contribution in [0.2, 0.25) is 0 Å². The lowest BCUT2D eigenvalue weighted by atomic mass is 10.1. The van der Waals surface area contributed by atoms with Crippen molar-refractivity contribution >= 4 is 15.7 Å². The van der Waals surface area contributed by atoms with E-state index in [1.807, 2.05) is 0 Å². The molecule has 2 rings (SSSR count). The number of phenolic OH excluding ortho intramolecular Hbond substituents is 1. The molecule has 0 bridgehead atoms. The Morgan fingerprint density at radius 3 is 2.74 bits per heavy atom. The van der Waals surface area contributed by atoms with Crippen LogP contribution in [0, 0.1) is 6.92 Å². The van der Waals surface area contributed by atoms with E-state index in [9.17, 15) is 18.3 Å². The third kappa shape index (κ3) is 2.73. The Morgan fingerprint density at radius 2 is 2.11 bits per heavy atom. The van der Waals surface area contributed by atoms with E-state index in [-0.39, 0.29) is 35.7 Å². The lowest BCUT2D eigenvalue weighted by Gasteiger charge is -2.33. The molecule has 1 saturated heterocycles. The molecular weight excluding hydrogens is 266 g/mol. The van der Waals surface area contributed by atoms with Crippen molar-refractivity contribution in [1.82, 2.24) is 4.90 Å². The maximum atomic E-state index is 12.4. The normalized spacial score (nSPS) is 22.2. The van der Waals surface area contributed by atoms with Crippen molar-refractivity contribution in [2.24, 2.45) is 0 Å². The molecule has 1 aliphatic heterocycles. The second-order valence-corrected chi connectivity index (χ2v) is 7.14.